The maximum atomic E-state index is 13.0. The molecule has 9 heteroatoms. The molecule has 1 aromatic carbocycles. The third-order valence-corrected chi connectivity index (χ3v) is 6.00. The van der Waals surface area contributed by atoms with E-state index in [0.29, 0.717) is 38.3 Å². The predicted molar refractivity (Wildman–Crippen MR) is 112 cm³/mol. The van der Waals surface area contributed by atoms with Gasteiger partial charge in [0.2, 0.25) is 0 Å². The standard InChI is InChI=1S/C23H31F3N2O4/c1-3-31-21(29)18-8-6-17(7-9-18)5-4-10-27-11-12-32-19(14-27)15-28(20-13-16(20)2)22(30)23(24,25)26/h6-9,16,19-20H,3-5,10-15H2,1-2H3. The summed E-state index contributed by atoms with van der Waals surface area (Å²) in [5.74, 6) is -2.01. The lowest BCUT2D eigenvalue weighted by atomic mass is 10.1. The van der Waals surface area contributed by atoms with Gasteiger partial charge < -0.3 is 14.4 Å². The van der Waals surface area contributed by atoms with Crippen LogP contribution in [0.15, 0.2) is 24.3 Å². The van der Waals surface area contributed by atoms with Gasteiger partial charge in [-0.15, -0.1) is 0 Å². The minimum atomic E-state index is -4.86. The quantitative estimate of drug-likeness (QED) is 0.534. The van der Waals surface area contributed by atoms with Crippen LogP contribution >= 0.6 is 0 Å². The average Bonchev–Trinajstić information content (AvgIpc) is 3.48. The van der Waals surface area contributed by atoms with Crippen LogP contribution in [-0.4, -0.2) is 79.4 Å². The Morgan fingerprint density at radius 1 is 1.25 bits per heavy atom. The topological polar surface area (TPSA) is 59.1 Å². The number of alkyl halides is 3. The van der Waals surface area contributed by atoms with E-state index in [2.05, 4.69) is 4.90 Å². The van der Waals surface area contributed by atoms with Crippen molar-refractivity contribution in [2.75, 3.05) is 39.4 Å². The van der Waals surface area contributed by atoms with E-state index in [1.807, 2.05) is 19.1 Å². The van der Waals surface area contributed by atoms with E-state index in [1.54, 1.807) is 19.1 Å². The first-order valence-corrected chi connectivity index (χ1v) is 11.2. The fourth-order valence-corrected chi connectivity index (χ4v) is 4.11. The first-order valence-electron chi connectivity index (χ1n) is 11.2. The Balaban J connectivity index is 1.46. The molecule has 1 heterocycles. The summed E-state index contributed by atoms with van der Waals surface area (Å²) in [5, 5.41) is 0. The molecule has 0 radical (unpaired) electrons. The number of nitrogens with zero attached hydrogens (tertiary/aromatic N) is 2. The van der Waals surface area contributed by atoms with Crippen LogP contribution in [-0.2, 0) is 20.7 Å². The molecule has 0 bridgehead atoms. The summed E-state index contributed by atoms with van der Waals surface area (Å²) in [7, 11) is 0. The lowest BCUT2D eigenvalue weighted by Crippen LogP contribution is -2.52. The van der Waals surface area contributed by atoms with Crippen molar-refractivity contribution in [2.45, 2.75) is 51.4 Å². The van der Waals surface area contributed by atoms with Crippen molar-refractivity contribution in [3.05, 3.63) is 35.4 Å². The third-order valence-electron chi connectivity index (χ3n) is 6.00. The normalized spacial score (nSPS) is 23.6. The van der Waals surface area contributed by atoms with Crippen molar-refractivity contribution in [3.63, 3.8) is 0 Å². The zero-order chi connectivity index (χ0) is 23.3. The van der Waals surface area contributed by atoms with Gasteiger partial charge in [0.15, 0.2) is 0 Å². The third kappa shape index (κ3) is 6.68. The highest BCUT2D eigenvalue weighted by molar-refractivity contribution is 5.89. The van der Waals surface area contributed by atoms with Crippen LogP contribution in [0.4, 0.5) is 13.2 Å². The zero-order valence-corrected chi connectivity index (χ0v) is 18.6. The summed E-state index contributed by atoms with van der Waals surface area (Å²) >= 11 is 0. The molecule has 1 aliphatic heterocycles. The highest BCUT2D eigenvalue weighted by Gasteiger charge is 2.50. The predicted octanol–water partition coefficient (Wildman–Crippen LogP) is 3.30. The molecule has 1 amide bonds. The molecule has 3 unspecified atom stereocenters. The van der Waals surface area contributed by atoms with E-state index >= 15 is 0 Å². The number of hydrogen-bond acceptors (Lipinski definition) is 5. The van der Waals surface area contributed by atoms with Crippen LogP contribution in [0.5, 0.6) is 0 Å². The number of aryl methyl sites for hydroxylation is 1. The van der Waals surface area contributed by atoms with Crippen LogP contribution in [0.3, 0.4) is 0 Å². The van der Waals surface area contributed by atoms with Gasteiger partial charge in [0.1, 0.15) is 0 Å². The van der Waals surface area contributed by atoms with Gasteiger partial charge in [-0.25, -0.2) is 4.79 Å². The zero-order valence-electron chi connectivity index (χ0n) is 18.6. The fraction of sp³-hybridized carbons (Fsp3) is 0.652. The minimum Gasteiger partial charge on any atom is -0.462 e. The molecule has 178 valence electrons. The minimum absolute atomic E-state index is 0.0286. The molecular weight excluding hydrogens is 425 g/mol. The Labute approximate surface area is 186 Å². The first kappa shape index (κ1) is 24.5. The van der Waals surface area contributed by atoms with E-state index in [9.17, 15) is 22.8 Å². The molecule has 2 aliphatic rings. The number of hydrogen-bond donors (Lipinski definition) is 0. The number of morpholine rings is 1. The number of amides is 1. The molecule has 3 atom stereocenters. The van der Waals surface area contributed by atoms with Crippen molar-refractivity contribution in [3.8, 4) is 0 Å². The van der Waals surface area contributed by atoms with E-state index in [4.69, 9.17) is 9.47 Å². The van der Waals surface area contributed by atoms with Crippen LogP contribution in [0.1, 0.15) is 42.6 Å². The second kappa shape index (κ2) is 10.7. The van der Waals surface area contributed by atoms with Crippen molar-refractivity contribution in [2.24, 2.45) is 5.92 Å². The van der Waals surface area contributed by atoms with E-state index < -0.39 is 18.2 Å². The lowest BCUT2D eigenvalue weighted by Gasteiger charge is -2.36. The second-order valence-electron chi connectivity index (χ2n) is 8.55. The Hall–Kier alpha value is -2.13. The molecule has 0 N–H and O–H groups in total. The maximum Gasteiger partial charge on any atom is 0.471 e. The maximum absolute atomic E-state index is 13.0. The summed E-state index contributed by atoms with van der Waals surface area (Å²) in [4.78, 5) is 26.7. The summed E-state index contributed by atoms with van der Waals surface area (Å²) in [6.45, 7) is 6.37. The van der Waals surface area contributed by atoms with Crippen molar-refractivity contribution >= 4 is 11.9 Å². The van der Waals surface area contributed by atoms with E-state index in [-0.39, 0.29) is 24.5 Å². The molecule has 32 heavy (non-hydrogen) atoms. The molecule has 1 saturated carbocycles. The van der Waals surface area contributed by atoms with Gasteiger partial charge in [0.05, 0.1) is 24.9 Å². The SMILES string of the molecule is CCOC(=O)c1ccc(CCCN2CCOC(CN(C(=O)C(F)(F)F)C3CC3C)C2)cc1. The number of carbonyl (C=O) groups is 2. The van der Waals surface area contributed by atoms with Crippen LogP contribution in [0.2, 0.25) is 0 Å². The number of esters is 1. The van der Waals surface area contributed by atoms with Crippen LogP contribution < -0.4 is 0 Å². The molecule has 3 rings (SSSR count). The summed E-state index contributed by atoms with van der Waals surface area (Å²) in [6.07, 6.45) is -2.99. The number of benzene rings is 1. The number of rotatable bonds is 9. The number of ether oxygens (including phenoxy) is 2. The highest BCUT2D eigenvalue weighted by Crippen LogP contribution is 2.37. The molecule has 6 nitrogen and oxygen atoms in total. The molecule has 2 fully saturated rings. The molecule has 1 aliphatic carbocycles. The van der Waals surface area contributed by atoms with Gasteiger partial charge in [-0.1, -0.05) is 19.1 Å². The Morgan fingerprint density at radius 2 is 1.94 bits per heavy atom. The molecule has 0 aromatic heterocycles. The molecule has 1 saturated heterocycles. The van der Waals surface area contributed by atoms with Crippen LogP contribution in [0, 0.1) is 5.92 Å². The van der Waals surface area contributed by atoms with E-state index in [1.165, 1.54) is 0 Å². The summed E-state index contributed by atoms with van der Waals surface area (Å²) in [5.41, 5.74) is 1.63. The number of carbonyl (C=O) groups excluding carboxylic acids is 2. The Bertz CT molecular complexity index is 784. The summed E-state index contributed by atoms with van der Waals surface area (Å²) < 4.78 is 49.7. The van der Waals surface area contributed by atoms with Gasteiger partial charge in [-0.2, -0.15) is 13.2 Å². The van der Waals surface area contributed by atoms with Gasteiger partial charge in [0.25, 0.3) is 0 Å². The Kier molecular flexibility index (Phi) is 8.16. The monoisotopic (exact) mass is 456 g/mol. The van der Waals surface area contributed by atoms with Crippen molar-refractivity contribution in [1.29, 1.82) is 0 Å². The van der Waals surface area contributed by atoms with E-state index in [0.717, 1.165) is 29.8 Å². The summed E-state index contributed by atoms with van der Waals surface area (Å²) in [6, 6.07) is 6.98. The number of halogens is 3. The van der Waals surface area contributed by atoms with Crippen molar-refractivity contribution < 1.29 is 32.2 Å². The van der Waals surface area contributed by atoms with Gasteiger partial charge in [-0.3, -0.25) is 9.69 Å². The first-order chi connectivity index (χ1) is 15.2. The van der Waals surface area contributed by atoms with Gasteiger partial charge in [0, 0.05) is 25.7 Å². The molecular formula is C23H31F3N2O4. The second-order valence-corrected chi connectivity index (χ2v) is 8.55. The molecule has 1 aromatic rings. The van der Waals surface area contributed by atoms with Gasteiger partial charge in [-0.05, 0) is 56.3 Å². The van der Waals surface area contributed by atoms with Gasteiger partial charge >= 0.3 is 18.1 Å². The average molecular weight is 457 g/mol. The highest BCUT2D eigenvalue weighted by atomic mass is 19.4. The smallest absolute Gasteiger partial charge is 0.462 e. The molecule has 0 spiro atoms. The Morgan fingerprint density at radius 3 is 2.53 bits per heavy atom. The largest absolute Gasteiger partial charge is 0.471 e. The van der Waals surface area contributed by atoms with Crippen molar-refractivity contribution in [1.82, 2.24) is 9.80 Å². The lowest BCUT2D eigenvalue weighted by molar-refractivity contribution is -0.188. The van der Waals surface area contributed by atoms with Crippen LogP contribution in [0.25, 0.3) is 0 Å². The fourth-order valence-electron chi connectivity index (χ4n) is 4.11.